The smallest absolute Gasteiger partial charge is 0.218 e. The largest absolute Gasteiger partial charge is 0.475 e. The highest BCUT2D eigenvalue weighted by atomic mass is 16.5. The normalized spacial score (nSPS) is 18.6. The number of pyridine rings is 1. The summed E-state index contributed by atoms with van der Waals surface area (Å²) in [5, 5.41) is 0. The number of hydrogen-bond donors (Lipinski definition) is 0. The van der Waals surface area contributed by atoms with Gasteiger partial charge in [-0.15, -0.1) is 0 Å². The Morgan fingerprint density at radius 1 is 1.06 bits per heavy atom. The summed E-state index contributed by atoms with van der Waals surface area (Å²) >= 11 is 0. The van der Waals surface area contributed by atoms with Gasteiger partial charge in [0.2, 0.25) is 5.90 Å². The van der Waals surface area contributed by atoms with Crippen LogP contribution in [0.3, 0.4) is 0 Å². The fourth-order valence-electron chi connectivity index (χ4n) is 1.87. The SMILES string of the molecule is c1ccc([C@H]2COC(c3cccnc3)=N2)cc1. The molecule has 0 saturated heterocycles. The standard InChI is InChI=1S/C14H12N2O/c1-2-5-11(6-3-1)13-10-17-14(16-13)12-7-4-8-15-9-12/h1-9,13H,10H2/t13-/m1/s1. The van der Waals surface area contributed by atoms with Crippen LogP contribution in [0.2, 0.25) is 0 Å². The fourth-order valence-corrected chi connectivity index (χ4v) is 1.87. The van der Waals surface area contributed by atoms with Crippen LogP contribution < -0.4 is 0 Å². The number of nitrogens with zero attached hydrogens (tertiary/aromatic N) is 2. The first-order valence-electron chi connectivity index (χ1n) is 5.59. The summed E-state index contributed by atoms with van der Waals surface area (Å²) in [4.78, 5) is 8.65. The van der Waals surface area contributed by atoms with Crippen LogP contribution in [0.25, 0.3) is 0 Å². The second-order valence-electron chi connectivity index (χ2n) is 3.91. The van der Waals surface area contributed by atoms with Crippen molar-refractivity contribution in [3.8, 4) is 0 Å². The molecule has 1 aromatic carbocycles. The quantitative estimate of drug-likeness (QED) is 0.785. The Labute approximate surface area is 99.8 Å². The average Bonchev–Trinajstić information content (AvgIpc) is 2.90. The van der Waals surface area contributed by atoms with Crippen molar-refractivity contribution in [2.24, 2.45) is 4.99 Å². The highest BCUT2D eigenvalue weighted by Crippen LogP contribution is 2.24. The molecule has 0 fully saturated rings. The molecule has 3 rings (SSSR count). The van der Waals surface area contributed by atoms with Crippen molar-refractivity contribution >= 4 is 5.90 Å². The number of hydrogen-bond acceptors (Lipinski definition) is 3. The minimum absolute atomic E-state index is 0.103. The van der Waals surface area contributed by atoms with Crippen LogP contribution in [0.15, 0.2) is 59.9 Å². The Bertz CT molecular complexity index is 522. The molecule has 1 aliphatic rings. The van der Waals surface area contributed by atoms with Crippen molar-refractivity contribution in [1.82, 2.24) is 4.98 Å². The summed E-state index contributed by atoms with van der Waals surface area (Å²) in [5.41, 5.74) is 2.12. The predicted molar refractivity (Wildman–Crippen MR) is 65.9 cm³/mol. The van der Waals surface area contributed by atoms with Crippen LogP contribution in [-0.2, 0) is 4.74 Å². The van der Waals surface area contributed by atoms with Gasteiger partial charge in [-0.1, -0.05) is 30.3 Å². The molecular weight excluding hydrogens is 212 g/mol. The van der Waals surface area contributed by atoms with Crippen molar-refractivity contribution in [2.75, 3.05) is 6.61 Å². The number of aliphatic imine (C=N–C) groups is 1. The van der Waals surface area contributed by atoms with Gasteiger partial charge in [-0.3, -0.25) is 4.98 Å². The van der Waals surface area contributed by atoms with Gasteiger partial charge in [-0.05, 0) is 17.7 Å². The molecule has 0 amide bonds. The summed E-state index contributed by atoms with van der Waals surface area (Å²) in [7, 11) is 0. The van der Waals surface area contributed by atoms with E-state index in [1.807, 2.05) is 30.3 Å². The molecule has 0 N–H and O–H groups in total. The lowest BCUT2D eigenvalue weighted by atomic mass is 10.1. The van der Waals surface area contributed by atoms with Gasteiger partial charge in [0.15, 0.2) is 0 Å². The molecule has 0 radical (unpaired) electrons. The molecule has 3 heteroatoms. The Morgan fingerprint density at radius 2 is 1.94 bits per heavy atom. The molecule has 2 heterocycles. The average molecular weight is 224 g/mol. The second-order valence-corrected chi connectivity index (χ2v) is 3.91. The Morgan fingerprint density at radius 3 is 2.71 bits per heavy atom. The van der Waals surface area contributed by atoms with Crippen molar-refractivity contribution in [3.05, 3.63) is 66.0 Å². The van der Waals surface area contributed by atoms with Crippen molar-refractivity contribution in [2.45, 2.75) is 6.04 Å². The Hall–Kier alpha value is -2.16. The van der Waals surface area contributed by atoms with Crippen LogP contribution in [0, 0.1) is 0 Å². The number of ether oxygens (including phenoxy) is 1. The number of benzene rings is 1. The molecule has 2 aromatic rings. The summed E-state index contributed by atoms with van der Waals surface area (Å²) in [6.07, 6.45) is 3.51. The van der Waals surface area contributed by atoms with Crippen molar-refractivity contribution in [1.29, 1.82) is 0 Å². The van der Waals surface area contributed by atoms with Gasteiger partial charge in [0.1, 0.15) is 12.6 Å². The van der Waals surface area contributed by atoms with E-state index in [9.17, 15) is 0 Å². The van der Waals surface area contributed by atoms with Gasteiger partial charge in [-0.25, -0.2) is 4.99 Å². The Kier molecular flexibility index (Phi) is 2.58. The Balaban J connectivity index is 1.87. The maximum atomic E-state index is 5.62. The first kappa shape index (κ1) is 10.0. The highest BCUT2D eigenvalue weighted by Gasteiger charge is 2.21. The molecule has 3 nitrogen and oxygen atoms in total. The van der Waals surface area contributed by atoms with Crippen LogP contribution >= 0.6 is 0 Å². The zero-order valence-corrected chi connectivity index (χ0v) is 9.28. The van der Waals surface area contributed by atoms with E-state index in [4.69, 9.17) is 4.74 Å². The second kappa shape index (κ2) is 4.37. The lowest BCUT2D eigenvalue weighted by molar-refractivity contribution is 0.319. The fraction of sp³-hybridized carbons (Fsp3) is 0.143. The van der Waals surface area contributed by atoms with Crippen LogP contribution in [0.1, 0.15) is 17.2 Å². The van der Waals surface area contributed by atoms with E-state index in [0.29, 0.717) is 12.5 Å². The number of rotatable bonds is 2. The van der Waals surface area contributed by atoms with Crippen LogP contribution in [0.5, 0.6) is 0 Å². The van der Waals surface area contributed by atoms with Crippen LogP contribution in [-0.4, -0.2) is 17.5 Å². The summed E-state index contributed by atoms with van der Waals surface area (Å²) in [6, 6.07) is 14.1. The maximum Gasteiger partial charge on any atom is 0.218 e. The lowest BCUT2D eigenvalue weighted by Crippen LogP contribution is -2.01. The van der Waals surface area contributed by atoms with E-state index in [1.165, 1.54) is 5.56 Å². The van der Waals surface area contributed by atoms with E-state index in [2.05, 4.69) is 22.1 Å². The first-order valence-corrected chi connectivity index (χ1v) is 5.59. The molecule has 0 aliphatic carbocycles. The zero-order valence-electron chi connectivity index (χ0n) is 9.28. The number of aromatic nitrogens is 1. The van der Waals surface area contributed by atoms with Crippen molar-refractivity contribution in [3.63, 3.8) is 0 Å². The van der Waals surface area contributed by atoms with Gasteiger partial charge in [0.25, 0.3) is 0 Å². The van der Waals surface area contributed by atoms with Gasteiger partial charge in [0, 0.05) is 12.4 Å². The van der Waals surface area contributed by atoms with E-state index in [-0.39, 0.29) is 6.04 Å². The molecular formula is C14H12N2O. The van der Waals surface area contributed by atoms with Gasteiger partial charge >= 0.3 is 0 Å². The third-order valence-electron chi connectivity index (χ3n) is 2.74. The van der Waals surface area contributed by atoms with Crippen LogP contribution in [0.4, 0.5) is 0 Å². The van der Waals surface area contributed by atoms with Gasteiger partial charge < -0.3 is 4.74 Å². The molecule has 0 saturated carbocycles. The van der Waals surface area contributed by atoms with E-state index in [1.54, 1.807) is 12.4 Å². The molecule has 17 heavy (non-hydrogen) atoms. The highest BCUT2D eigenvalue weighted by molar-refractivity contribution is 5.94. The topological polar surface area (TPSA) is 34.5 Å². The molecule has 84 valence electrons. The summed E-state index contributed by atoms with van der Waals surface area (Å²) in [6.45, 7) is 0.605. The third-order valence-corrected chi connectivity index (χ3v) is 2.74. The van der Waals surface area contributed by atoms with Crippen molar-refractivity contribution < 1.29 is 4.74 Å². The molecule has 0 spiro atoms. The predicted octanol–water partition coefficient (Wildman–Crippen LogP) is 2.60. The zero-order chi connectivity index (χ0) is 11.5. The minimum Gasteiger partial charge on any atom is -0.475 e. The maximum absolute atomic E-state index is 5.62. The van der Waals surface area contributed by atoms with Gasteiger partial charge in [0.05, 0.1) is 5.56 Å². The minimum atomic E-state index is 0.103. The first-order chi connectivity index (χ1) is 8.43. The summed E-state index contributed by atoms with van der Waals surface area (Å²) < 4.78 is 5.62. The van der Waals surface area contributed by atoms with E-state index >= 15 is 0 Å². The molecule has 1 atom stereocenters. The third kappa shape index (κ3) is 2.04. The lowest BCUT2D eigenvalue weighted by Gasteiger charge is -2.03. The molecule has 1 aromatic heterocycles. The van der Waals surface area contributed by atoms with E-state index < -0.39 is 0 Å². The molecule has 0 unspecified atom stereocenters. The summed E-state index contributed by atoms with van der Waals surface area (Å²) in [5.74, 6) is 0.687. The monoisotopic (exact) mass is 224 g/mol. The molecule has 1 aliphatic heterocycles. The van der Waals surface area contributed by atoms with E-state index in [0.717, 1.165) is 5.56 Å². The molecule has 0 bridgehead atoms. The van der Waals surface area contributed by atoms with Gasteiger partial charge in [-0.2, -0.15) is 0 Å².